The standard InChI is InChI=1S/C13H25ClN2O/c14-12(11-15-7-3-1-4-8-15)13(17)16-9-5-2-6-10-16/h12-13,17H,1-11H2. The molecule has 100 valence electrons. The van der Waals surface area contributed by atoms with Gasteiger partial charge in [-0.05, 0) is 38.8 Å². The van der Waals surface area contributed by atoms with E-state index in [1.165, 1.54) is 38.5 Å². The lowest BCUT2D eigenvalue weighted by Crippen LogP contribution is -2.48. The summed E-state index contributed by atoms with van der Waals surface area (Å²) in [4.78, 5) is 4.54. The molecule has 2 saturated heterocycles. The van der Waals surface area contributed by atoms with Gasteiger partial charge in [-0.25, -0.2) is 0 Å². The molecule has 0 saturated carbocycles. The highest BCUT2D eigenvalue weighted by atomic mass is 35.5. The Kier molecular flexibility index (Phi) is 5.54. The first-order chi connectivity index (χ1) is 8.27. The second-order valence-electron chi connectivity index (χ2n) is 5.39. The average Bonchev–Trinajstić information content (AvgIpc) is 2.40. The summed E-state index contributed by atoms with van der Waals surface area (Å²) in [5.41, 5.74) is 0. The summed E-state index contributed by atoms with van der Waals surface area (Å²) in [5.74, 6) is 0. The van der Waals surface area contributed by atoms with E-state index in [2.05, 4.69) is 9.80 Å². The van der Waals surface area contributed by atoms with Gasteiger partial charge in [-0.15, -0.1) is 11.6 Å². The van der Waals surface area contributed by atoms with E-state index < -0.39 is 6.23 Å². The van der Waals surface area contributed by atoms with Crippen LogP contribution in [0, 0.1) is 0 Å². The summed E-state index contributed by atoms with van der Waals surface area (Å²) in [7, 11) is 0. The molecule has 0 aliphatic carbocycles. The number of alkyl halides is 1. The van der Waals surface area contributed by atoms with E-state index >= 15 is 0 Å². The number of likely N-dealkylation sites (tertiary alicyclic amines) is 2. The lowest BCUT2D eigenvalue weighted by molar-refractivity contribution is -0.0166. The summed E-state index contributed by atoms with van der Waals surface area (Å²) in [6, 6.07) is 0. The van der Waals surface area contributed by atoms with Crippen LogP contribution in [0.5, 0.6) is 0 Å². The molecule has 0 spiro atoms. The number of rotatable bonds is 4. The molecule has 4 heteroatoms. The third-order valence-corrected chi connectivity index (χ3v) is 4.33. The largest absolute Gasteiger partial charge is 0.377 e. The molecule has 0 amide bonds. The molecular formula is C13H25ClN2O. The second kappa shape index (κ2) is 6.93. The molecule has 2 aliphatic rings. The maximum absolute atomic E-state index is 10.2. The molecule has 0 radical (unpaired) electrons. The quantitative estimate of drug-likeness (QED) is 0.782. The van der Waals surface area contributed by atoms with Crippen LogP contribution < -0.4 is 0 Å². The van der Waals surface area contributed by atoms with Crippen LogP contribution >= 0.6 is 11.6 Å². The molecule has 0 aromatic rings. The van der Waals surface area contributed by atoms with Crippen LogP contribution in [-0.2, 0) is 0 Å². The first kappa shape index (κ1) is 13.6. The van der Waals surface area contributed by atoms with E-state index in [0.717, 1.165) is 32.7 Å². The molecule has 3 nitrogen and oxygen atoms in total. The maximum Gasteiger partial charge on any atom is 0.125 e. The van der Waals surface area contributed by atoms with Gasteiger partial charge in [-0.3, -0.25) is 4.90 Å². The molecule has 2 rings (SSSR count). The molecule has 2 unspecified atom stereocenters. The minimum absolute atomic E-state index is 0.147. The fourth-order valence-corrected chi connectivity index (χ4v) is 3.25. The summed E-state index contributed by atoms with van der Waals surface area (Å²) in [5, 5.41) is 10.1. The van der Waals surface area contributed by atoms with Crippen LogP contribution in [-0.4, -0.2) is 59.2 Å². The van der Waals surface area contributed by atoms with E-state index in [-0.39, 0.29) is 5.38 Å². The number of aliphatic hydroxyl groups excluding tert-OH is 1. The highest BCUT2D eigenvalue weighted by molar-refractivity contribution is 6.21. The van der Waals surface area contributed by atoms with Gasteiger partial charge in [0.2, 0.25) is 0 Å². The molecule has 2 aliphatic heterocycles. The number of aliphatic hydroxyl groups is 1. The molecule has 0 aromatic heterocycles. The Bertz CT molecular complexity index is 215. The van der Waals surface area contributed by atoms with Crippen molar-refractivity contribution in [2.75, 3.05) is 32.7 Å². The van der Waals surface area contributed by atoms with Crippen molar-refractivity contribution >= 4 is 11.6 Å². The molecule has 0 aromatic carbocycles. The zero-order chi connectivity index (χ0) is 12.1. The van der Waals surface area contributed by atoms with Crippen LogP contribution in [0.15, 0.2) is 0 Å². The van der Waals surface area contributed by atoms with Crippen LogP contribution in [0.25, 0.3) is 0 Å². The van der Waals surface area contributed by atoms with E-state index in [0.29, 0.717) is 0 Å². The topological polar surface area (TPSA) is 26.7 Å². The molecular weight excluding hydrogens is 236 g/mol. The highest BCUT2D eigenvalue weighted by Gasteiger charge is 2.26. The Hall–Kier alpha value is 0.170. The van der Waals surface area contributed by atoms with Crippen molar-refractivity contribution in [1.82, 2.24) is 9.80 Å². The van der Waals surface area contributed by atoms with Gasteiger partial charge < -0.3 is 10.0 Å². The van der Waals surface area contributed by atoms with E-state index in [1.807, 2.05) is 0 Å². The number of nitrogens with zero attached hydrogens (tertiary/aromatic N) is 2. The van der Waals surface area contributed by atoms with Crippen LogP contribution in [0.2, 0.25) is 0 Å². The van der Waals surface area contributed by atoms with Crippen molar-refractivity contribution in [1.29, 1.82) is 0 Å². The van der Waals surface area contributed by atoms with Crippen molar-refractivity contribution < 1.29 is 5.11 Å². The summed E-state index contributed by atoms with van der Waals surface area (Å²) in [6.45, 7) is 5.14. The van der Waals surface area contributed by atoms with Crippen molar-refractivity contribution in [3.8, 4) is 0 Å². The van der Waals surface area contributed by atoms with Crippen molar-refractivity contribution in [2.24, 2.45) is 0 Å². The molecule has 2 heterocycles. The number of halogens is 1. The van der Waals surface area contributed by atoms with Gasteiger partial charge in [0.15, 0.2) is 0 Å². The Morgan fingerprint density at radius 3 is 2.00 bits per heavy atom. The predicted octanol–water partition coefficient (Wildman–Crippen LogP) is 1.88. The Labute approximate surface area is 110 Å². The van der Waals surface area contributed by atoms with Gasteiger partial charge in [-0.2, -0.15) is 0 Å². The highest BCUT2D eigenvalue weighted by Crippen LogP contribution is 2.18. The van der Waals surface area contributed by atoms with Crippen LogP contribution in [0.3, 0.4) is 0 Å². The first-order valence-corrected chi connectivity index (χ1v) is 7.49. The fourth-order valence-electron chi connectivity index (χ4n) is 2.89. The van der Waals surface area contributed by atoms with Gasteiger partial charge in [0.1, 0.15) is 6.23 Å². The SMILES string of the molecule is OC(C(Cl)CN1CCCCC1)N1CCCCC1. The first-order valence-electron chi connectivity index (χ1n) is 7.06. The summed E-state index contributed by atoms with van der Waals surface area (Å²) < 4.78 is 0. The van der Waals surface area contributed by atoms with E-state index in [9.17, 15) is 5.11 Å². The lowest BCUT2D eigenvalue weighted by Gasteiger charge is -2.36. The fraction of sp³-hybridized carbons (Fsp3) is 1.00. The molecule has 1 N–H and O–H groups in total. The monoisotopic (exact) mass is 260 g/mol. The minimum atomic E-state index is -0.459. The van der Waals surface area contributed by atoms with Gasteiger partial charge in [-0.1, -0.05) is 12.8 Å². The summed E-state index contributed by atoms with van der Waals surface area (Å²) in [6.07, 6.45) is 7.14. The molecule has 17 heavy (non-hydrogen) atoms. The number of piperidine rings is 2. The molecule has 0 bridgehead atoms. The van der Waals surface area contributed by atoms with Crippen molar-refractivity contribution in [3.63, 3.8) is 0 Å². The third-order valence-electron chi connectivity index (χ3n) is 3.97. The number of hydrogen-bond donors (Lipinski definition) is 1. The van der Waals surface area contributed by atoms with E-state index in [4.69, 9.17) is 11.6 Å². The van der Waals surface area contributed by atoms with Crippen molar-refractivity contribution in [3.05, 3.63) is 0 Å². The Balaban J connectivity index is 1.75. The zero-order valence-corrected chi connectivity index (χ0v) is 11.4. The third kappa shape index (κ3) is 4.09. The molecule has 2 atom stereocenters. The normalized spacial score (nSPS) is 27.9. The molecule has 2 fully saturated rings. The average molecular weight is 261 g/mol. The van der Waals surface area contributed by atoms with Crippen molar-refractivity contribution in [2.45, 2.75) is 50.1 Å². The van der Waals surface area contributed by atoms with E-state index in [1.54, 1.807) is 0 Å². The predicted molar refractivity (Wildman–Crippen MR) is 71.4 cm³/mol. The second-order valence-corrected chi connectivity index (χ2v) is 5.95. The lowest BCUT2D eigenvalue weighted by atomic mass is 10.1. The Morgan fingerprint density at radius 2 is 1.41 bits per heavy atom. The smallest absolute Gasteiger partial charge is 0.125 e. The van der Waals surface area contributed by atoms with Crippen LogP contribution in [0.1, 0.15) is 38.5 Å². The van der Waals surface area contributed by atoms with Gasteiger partial charge in [0, 0.05) is 19.6 Å². The zero-order valence-electron chi connectivity index (χ0n) is 10.7. The maximum atomic E-state index is 10.2. The van der Waals surface area contributed by atoms with Gasteiger partial charge in [0.25, 0.3) is 0 Å². The van der Waals surface area contributed by atoms with Crippen LogP contribution in [0.4, 0.5) is 0 Å². The Morgan fingerprint density at radius 1 is 0.882 bits per heavy atom. The minimum Gasteiger partial charge on any atom is -0.377 e. The summed E-state index contributed by atoms with van der Waals surface area (Å²) >= 11 is 6.36. The van der Waals surface area contributed by atoms with Gasteiger partial charge in [0.05, 0.1) is 5.38 Å². The van der Waals surface area contributed by atoms with Gasteiger partial charge >= 0.3 is 0 Å². The number of hydrogen-bond acceptors (Lipinski definition) is 3.